The highest BCUT2D eigenvalue weighted by Gasteiger charge is 2.21. The molecule has 1 aliphatic heterocycles. The number of benzene rings is 2. The zero-order valence-corrected chi connectivity index (χ0v) is 13.6. The summed E-state index contributed by atoms with van der Waals surface area (Å²) in [7, 11) is 1.56. The molecule has 1 N–H and O–H groups in total. The fourth-order valence-corrected chi connectivity index (χ4v) is 2.87. The molecule has 0 atom stereocenters. The van der Waals surface area contributed by atoms with Gasteiger partial charge < -0.3 is 5.32 Å². The molecular weight excluding hydrogens is 346 g/mol. The number of nitrogens with zero attached hydrogens (tertiary/aromatic N) is 2. The van der Waals surface area contributed by atoms with Crippen LogP contribution in [0.15, 0.2) is 46.0 Å². The summed E-state index contributed by atoms with van der Waals surface area (Å²) in [6, 6.07) is 11.6. The van der Waals surface area contributed by atoms with Crippen LogP contribution in [-0.2, 0) is 9.59 Å². The van der Waals surface area contributed by atoms with Crippen molar-refractivity contribution in [1.29, 1.82) is 0 Å². The molecule has 2 aromatic rings. The van der Waals surface area contributed by atoms with E-state index in [1.807, 2.05) is 36.4 Å². The third-order valence-electron chi connectivity index (χ3n) is 3.55. The molecule has 6 heteroatoms. The predicted octanol–water partition coefficient (Wildman–Crippen LogP) is 3.15. The standard InChI is InChI=1S/C16H14BrN3O2/c1-20-15(21)8-7-14(19-20)16(22)18-11-5-6-12-10(9-11)3-2-4-13(12)17/h2-6,9H,7-8H2,1H3,(H,18,22). The first-order valence-electron chi connectivity index (χ1n) is 6.88. The van der Waals surface area contributed by atoms with Gasteiger partial charge in [0.25, 0.3) is 5.91 Å². The Labute approximate surface area is 136 Å². The molecule has 5 nitrogen and oxygen atoms in total. The molecular formula is C16H14BrN3O2. The molecule has 1 aliphatic rings. The van der Waals surface area contributed by atoms with Crippen molar-refractivity contribution in [2.45, 2.75) is 12.8 Å². The fourth-order valence-electron chi connectivity index (χ4n) is 2.36. The van der Waals surface area contributed by atoms with Crippen molar-refractivity contribution in [1.82, 2.24) is 5.01 Å². The van der Waals surface area contributed by atoms with Crippen molar-refractivity contribution < 1.29 is 9.59 Å². The topological polar surface area (TPSA) is 61.8 Å². The van der Waals surface area contributed by atoms with Crippen LogP contribution in [0.1, 0.15) is 12.8 Å². The number of rotatable bonds is 2. The zero-order chi connectivity index (χ0) is 15.7. The largest absolute Gasteiger partial charge is 0.321 e. The minimum Gasteiger partial charge on any atom is -0.321 e. The molecule has 0 aliphatic carbocycles. The van der Waals surface area contributed by atoms with Crippen LogP contribution in [0, 0.1) is 0 Å². The molecule has 0 radical (unpaired) electrons. The number of fused-ring (bicyclic) bond motifs is 1. The number of hydrogen-bond donors (Lipinski definition) is 1. The fraction of sp³-hybridized carbons (Fsp3) is 0.188. The summed E-state index contributed by atoms with van der Waals surface area (Å²) in [6.07, 6.45) is 0.682. The summed E-state index contributed by atoms with van der Waals surface area (Å²) < 4.78 is 1.01. The SMILES string of the molecule is CN1N=C(C(=O)Nc2ccc3c(Br)cccc3c2)CCC1=O. The first kappa shape index (κ1) is 14.7. The van der Waals surface area contributed by atoms with Crippen LogP contribution < -0.4 is 5.32 Å². The van der Waals surface area contributed by atoms with Crippen molar-refractivity contribution in [2.24, 2.45) is 5.10 Å². The number of hydrogen-bond acceptors (Lipinski definition) is 3. The molecule has 3 rings (SSSR count). The van der Waals surface area contributed by atoms with Gasteiger partial charge in [0, 0.05) is 30.0 Å². The lowest BCUT2D eigenvalue weighted by molar-refractivity contribution is -0.130. The molecule has 0 aromatic heterocycles. The number of anilines is 1. The quantitative estimate of drug-likeness (QED) is 0.894. The minimum absolute atomic E-state index is 0.0768. The van der Waals surface area contributed by atoms with Crippen molar-refractivity contribution >= 4 is 49.9 Å². The predicted molar refractivity (Wildman–Crippen MR) is 89.7 cm³/mol. The first-order valence-corrected chi connectivity index (χ1v) is 7.67. The zero-order valence-electron chi connectivity index (χ0n) is 12.0. The van der Waals surface area contributed by atoms with E-state index in [4.69, 9.17) is 0 Å². The maximum atomic E-state index is 12.2. The molecule has 2 amide bonds. The highest BCUT2D eigenvalue weighted by atomic mass is 79.9. The number of amides is 2. The Hall–Kier alpha value is -2.21. The van der Waals surface area contributed by atoms with E-state index in [0.717, 1.165) is 15.2 Å². The Bertz CT molecular complexity index is 801. The van der Waals surface area contributed by atoms with Crippen LogP contribution in [0.2, 0.25) is 0 Å². The van der Waals surface area contributed by atoms with Crippen molar-refractivity contribution in [3.05, 3.63) is 40.9 Å². The lowest BCUT2D eigenvalue weighted by atomic mass is 10.1. The van der Waals surface area contributed by atoms with Gasteiger partial charge in [-0.2, -0.15) is 5.10 Å². The molecule has 0 saturated heterocycles. The van der Waals surface area contributed by atoms with Gasteiger partial charge in [-0.05, 0) is 29.0 Å². The second-order valence-corrected chi connectivity index (χ2v) is 5.95. The van der Waals surface area contributed by atoms with Crippen LogP contribution in [-0.4, -0.2) is 29.6 Å². The van der Waals surface area contributed by atoms with Gasteiger partial charge >= 0.3 is 0 Å². The molecule has 0 unspecified atom stereocenters. The maximum absolute atomic E-state index is 12.2. The van der Waals surface area contributed by atoms with Gasteiger partial charge in [-0.25, -0.2) is 5.01 Å². The first-order chi connectivity index (χ1) is 10.5. The Kier molecular flexibility index (Phi) is 3.94. The van der Waals surface area contributed by atoms with Crippen LogP contribution in [0.4, 0.5) is 5.69 Å². The van der Waals surface area contributed by atoms with Gasteiger partial charge in [0.05, 0.1) is 0 Å². The van der Waals surface area contributed by atoms with E-state index >= 15 is 0 Å². The van der Waals surface area contributed by atoms with E-state index in [2.05, 4.69) is 26.3 Å². The molecule has 0 bridgehead atoms. The van der Waals surface area contributed by atoms with Gasteiger partial charge in [0.1, 0.15) is 5.71 Å². The summed E-state index contributed by atoms with van der Waals surface area (Å²) in [5, 5.41) is 10.2. The lowest BCUT2D eigenvalue weighted by Gasteiger charge is -2.19. The minimum atomic E-state index is -0.270. The van der Waals surface area contributed by atoms with E-state index in [-0.39, 0.29) is 11.8 Å². The summed E-state index contributed by atoms with van der Waals surface area (Å²) in [6.45, 7) is 0. The molecule has 2 aromatic carbocycles. The van der Waals surface area contributed by atoms with E-state index in [1.165, 1.54) is 5.01 Å². The summed E-state index contributed by atoms with van der Waals surface area (Å²) in [5.74, 6) is -0.346. The average Bonchev–Trinajstić information content (AvgIpc) is 2.50. The van der Waals surface area contributed by atoms with Gasteiger partial charge in [0.2, 0.25) is 5.91 Å². The smallest absolute Gasteiger partial charge is 0.271 e. The molecule has 0 spiro atoms. The van der Waals surface area contributed by atoms with Crippen molar-refractivity contribution in [3.8, 4) is 0 Å². The normalized spacial score (nSPS) is 14.9. The van der Waals surface area contributed by atoms with E-state index in [1.54, 1.807) is 7.05 Å². The number of hydrazone groups is 1. The number of carbonyl (C=O) groups is 2. The second-order valence-electron chi connectivity index (χ2n) is 5.09. The van der Waals surface area contributed by atoms with Crippen molar-refractivity contribution in [2.75, 3.05) is 12.4 Å². The molecule has 22 heavy (non-hydrogen) atoms. The molecule has 1 heterocycles. The van der Waals surface area contributed by atoms with Gasteiger partial charge in [-0.3, -0.25) is 9.59 Å². The second kappa shape index (κ2) is 5.88. The van der Waals surface area contributed by atoms with Gasteiger partial charge in [0.15, 0.2) is 0 Å². The van der Waals surface area contributed by atoms with E-state index in [9.17, 15) is 9.59 Å². The number of nitrogens with one attached hydrogen (secondary N) is 1. The van der Waals surface area contributed by atoms with Crippen LogP contribution in [0.25, 0.3) is 10.8 Å². The van der Waals surface area contributed by atoms with Crippen LogP contribution in [0.3, 0.4) is 0 Å². The number of halogens is 1. The molecule has 112 valence electrons. The number of carbonyl (C=O) groups excluding carboxylic acids is 2. The van der Waals surface area contributed by atoms with E-state index < -0.39 is 0 Å². The lowest BCUT2D eigenvalue weighted by Crippen LogP contribution is -2.34. The van der Waals surface area contributed by atoms with E-state index in [0.29, 0.717) is 24.2 Å². The Morgan fingerprint density at radius 2 is 2.09 bits per heavy atom. The Balaban J connectivity index is 1.83. The third kappa shape index (κ3) is 2.87. The summed E-state index contributed by atoms with van der Waals surface area (Å²) in [4.78, 5) is 23.6. The Morgan fingerprint density at radius 1 is 1.27 bits per heavy atom. The highest BCUT2D eigenvalue weighted by Crippen LogP contribution is 2.26. The maximum Gasteiger partial charge on any atom is 0.271 e. The Morgan fingerprint density at radius 3 is 2.86 bits per heavy atom. The molecule has 0 fully saturated rings. The molecule has 0 saturated carbocycles. The average molecular weight is 360 g/mol. The third-order valence-corrected chi connectivity index (χ3v) is 4.25. The summed E-state index contributed by atoms with van der Waals surface area (Å²) >= 11 is 3.50. The van der Waals surface area contributed by atoms with Crippen LogP contribution >= 0.6 is 15.9 Å². The van der Waals surface area contributed by atoms with Crippen LogP contribution in [0.5, 0.6) is 0 Å². The summed E-state index contributed by atoms with van der Waals surface area (Å²) in [5.41, 5.74) is 1.08. The van der Waals surface area contributed by atoms with Gasteiger partial charge in [-0.1, -0.05) is 34.1 Å². The monoisotopic (exact) mass is 359 g/mol. The van der Waals surface area contributed by atoms with Gasteiger partial charge in [-0.15, -0.1) is 0 Å². The highest BCUT2D eigenvalue weighted by molar-refractivity contribution is 9.10. The van der Waals surface area contributed by atoms with Crippen molar-refractivity contribution in [3.63, 3.8) is 0 Å².